The number of aliphatic hydroxyl groups is 1. The van der Waals surface area contributed by atoms with Gasteiger partial charge in [0.05, 0.1) is 26.9 Å². The van der Waals surface area contributed by atoms with E-state index in [0.29, 0.717) is 18.2 Å². The van der Waals surface area contributed by atoms with Crippen LogP contribution in [0.25, 0.3) is 0 Å². The third-order valence-corrected chi connectivity index (χ3v) is 6.94. The SMILES string of the molecule is C[C@@H](CO)NS(=O)(=O)c1cc(S(=O)(=O)c2ccccc2)ccc1C(F)(F)F. The number of alkyl halides is 3. The maximum Gasteiger partial charge on any atom is 0.417 e. The first-order chi connectivity index (χ1) is 12.4. The summed E-state index contributed by atoms with van der Waals surface area (Å²) in [5, 5.41) is 8.96. The molecule has 0 bridgehead atoms. The van der Waals surface area contributed by atoms with Crippen LogP contribution in [0.1, 0.15) is 12.5 Å². The third kappa shape index (κ3) is 4.67. The number of benzene rings is 2. The number of rotatable bonds is 6. The molecule has 148 valence electrons. The predicted octanol–water partition coefficient (Wildman–Crippen LogP) is 2.20. The number of aliphatic hydroxyl groups excluding tert-OH is 1. The maximum absolute atomic E-state index is 13.3. The first-order valence-electron chi connectivity index (χ1n) is 7.54. The van der Waals surface area contributed by atoms with Gasteiger partial charge in [0.25, 0.3) is 0 Å². The standard InChI is InChI=1S/C16H16F3NO5S2/c1-11(10-21)20-27(24,25)15-9-13(7-8-14(15)16(17,18)19)26(22,23)12-5-3-2-4-6-12/h2-9,11,20-21H,10H2,1H3/t11-/m0/s1. The highest BCUT2D eigenvalue weighted by Crippen LogP contribution is 2.36. The fourth-order valence-corrected chi connectivity index (χ4v) is 5.10. The zero-order valence-electron chi connectivity index (χ0n) is 13.9. The van der Waals surface area contributed by atoms with Gasteiger partial charge in [-0.1, -0.05) is 18.2 Å². The molecule has 0 spiro atoms. The molecule has 1 atom stereocenters. The molecule has 0 aromatic heterocycles. The Balaban J connectivity index is 2.69. The molecule has 0 radical (unpaired) electrons. The van der Waals surface area contributed by atoms with Gasteiger partial charge in [-0.3, -0.25) is 0 Å². The summed E-state index contributed by atoms with van der Waals surface area (Å²) in [7, 11) is -8.97. The Hall–Kier alpha value is -1.95. The van der Waals surface area contributed by atoms with Gasteiger partial charge in [-0.05, 0) is 37.3 Å². The topological polar surface area (TPSA) is 101 Å². The van der Waals surface area contributed by atoms with Crippen LogP contribution in [0, 0.1) is 0 Å². The molecule has 2 aromatic carbocycles. The molecule has 0 aliphatic rings. The van der Waals surface area contributed by atoms with Crippen LogP contribution in [0.2, 0.25) is 0 Å². The second kappa shape index (κ2) is 7.58. The van der Waals surface area contributed by atoms with Crippen molar-refractivity contribution in [1.82, 2.24) is 4.72 Å². The van der Waals surface area contributed by atoms with Gasteiger partial charge in [-0.15, -0.1) is 0 Å². The van der Waals surface area contributed by atoms with Crippen molar-refractivity contribution in [3.05, 3.63) is 54.1 Å². The molecule has 0 fully saturated rings. The third-order valence-electron chi connectivity index (χ3n) is 3.54. The molecule has 0 amide bonds. The van der Waals surface area contributed by atoms with E-state index in [9.17, 15) is 30.0 Å². The van der Waals surface area contributed by atoms with Crippen molar-refractivity contribution < 1.29 is 35.1 Å². The van der Waals surface area contributed by atoms with Gasteiger partial charge in [0.15, 0.2) is 0 Å². The molecule has 0 aliphatic carbocycles. The first kappa shape index (κ1) is 21.4. The highest BCUT2D eigenvalue weighted by molar-refractivity contribution is 7.91. The normalized spacial score (nSPS) is 14.1. The van der Waals surface area contributed by atoms with E-state index in [2.05, 4.69) is 0 Å². The summed E-state index contributed by atoms with van der Waals surface area (Å²) in [5.41, 5.74) is -1.51. The lowest BCUT2D eigenvalue weighted by atomic mass is 10.2. The predicted molar refractivity (Wildman–Crippen MR) is 90.2 cm³/mol. The van der Waals surface area contributed by atoms with Crippen molar-refractivity contribution in [3.8, 4) is 0 Å². The Morgan fingerprint density at radius 2 is 1.59 bits per heavy atom. The van der Waals surface area contributed by atoms with Gasteiger partial charge >= 0.3 is 6.18 Å². The molecule has 0 unspecified atom stereocenters. The second-order valence-corrected chi connectivity index (χ2v) is 9.31. The minimum Gasteiger partial charge on any atom is -0.395 e. The van der Waals surface area contributed by atoms with E-state index in [4.69, 9.17) is 5.11 Å². The van der Waals surface area contributed by atoms with Crippen molar-refractivity contribution in [2.75, 3.05) is 6.61 Å². The lowest BCUT2D eigenvalue weighted by Crippen LogP contribution is -2.36. The van der Waals surface area contributed by atoms with E-state index >= 15 is 0 Å². The monoisotopic (exact) mass is 423 g/mol. The van der Waals surface area contributed by atoms with Crippen molar-refractivity contribution >= 4 is 19.9 Å². The molecule has 0 saturated carbocycles. The van der Waals surface area contributed by atoms with E-state index in [-0.39, 0.29) is 4.90 Å². The van der Waals surface area contributed by atoms with Crippen LogP contribution in [-0.2, 0) is 26.0 Å². The fourth-order valence-electron chi connectivity index (χ4n) is 2.23. The Morgan fingerprint density at radius 3 is 2.11 bits per heavy atom. The minimum atomic E-state index is -5.03. The smallest absolute Gasteiger partial charge is 0.395 e. The molecular formula is C16H16F3NO5S2. The Morgan fingerprint density at radius 1 is 1.00 bits per heavy atom. The van der Waals surface area contributed by atoms with Gasteiger partial charge in [-0.25, -0.2) is 21.6 Å². The van der Waals surface area contributed by atoms with Crippen LogP contribution in [-0.4, -0.2) is 34.6 Å². The summed E-state index contributed by atoms with van der Waals surface area (Å²) in [5.74, 6) is 0. The number of nitrogens with one attached hydrogen (secondary N) is 1. The Kier molecular flexibility index (Phi) is 6.00. The summed E-state index contributed by atoms with van der Waals surface area (Å²) in [6.07, 6.45) is -5.03. The van der Waals surface area contributed by atoms with Crippen molar-refractivity contribution in [1.29, 1.82) is 0 Å². The van der Waals surface area contributed by atoms with Gasteiger partial charge in [0.1, 0.15) is 0 Å². The highest BCUT2D eigenvalue weighted by atomic mass is 32.2. The second-order valence-electron chi connectivity index (χ2n) is 5.68. The zero-order chi connectivity index (χ0) is 20.5. The number of halogens is 3. The van der Waals surface area contributed by atoms with E-state index in [0.717, 1.165) is 0 Å². The average molecular weight is 423 g/mol. The van der Waals surface area contributed by atoms with Crippen LogP contribution in [0.4, 0.5) is 13.2 Å². The highest BCUT2D eigenvalue weighted by Gasteiger charge is 2.38. The van der Waals surface area contributed by atoms with Crippen LogP contribution in [0.15, 0.2) is 63.2 Å². The lowest BCUT2D eigenvalue weighted by molar-refractivity contribution is -0.139. The zero-order valence-corrected chi connectivity index (χ0v) is 15.6. The molecule has 27 heavy (non-hydrogen) atoms. The van der Waals surface area contributed by atoms with Crippen molar-refractivity contribution in [3.63, 3.8) is 0 Å². The summed E-state index contributed by atoms with van der Waals surface area (Å²) < 4.78 is 91.6. The maximum atomic E-state index is 13.3. The van der Waals surface area contributed by atoms with E-state index in [1.165, 1.54) is 31.2 Å². The van der Waals surface area contributed by atoms with Gasteiger partial charge in [-0.2, -0.15) is 13.2 Å². The van der Waals surface area contributed by atoms with E-state index < -0.39 is 54.0 Å². The molecule has 2 N–H and O–H groups in total. The molecule has 0 saturated heterocycles. The largest absolute Gasteiger partial charge is 0.417 e. The summed E-state index contributed by atoms with van der Waals surface area (Å²) in [6, 6.07) is 7.43. The van der Waals surface area contributed by atoms with Gasteiger partial charge in [0, 0.05) is 6.04 Å². The van der Waals surface area contributed by atoms with Crippen LogP contribution >= 0.6 is 0 Å². The fraction of sp³-hybridized carbons (Fsp3) is 0.250. The van der Waals surface area contributed by atoms with Crippen LogP contribution in [0.3, 0.4) is 0 Å². The summed E-state index contributed by atoms with van der Waals surface area (Å²) in [4.78, 5) is -2.02. The number of hydrogen-bond donors (Lipinski definition) is 2. The first-order valence-corrected chi connectivity index (χ1v) is 10.5. The number of sulfone groups is 1. The van der Waals surface area contributed by atoms with E-state index in [1.54, 1.807) is 6.07 Å². The van der Waals surface area contributed by atoms with Gasteiger partial charge < -0.3 is 5.11 Å². The molecule has 0 aliphatic heterocycles. The molecule has 2 rings (SSSR count). The molecule has 11 heteroatoms. The Labute approximate surface area is 154 Å². The van der Waals surface area contributed by atoms with Crippen LogP contribution in [0.5, 0.6) is 0 Å². The van der Waals surface area contributed by atoms with Gasteiger partial charge in [0.2, 0.25) is 19.9 Å². The van der Waals surface area contributed by atoms with E-state index in [1.807, 2.05) is 4.72 Å². The molecule has 2 aromatic rings. The lowest BCUT2D eigenvalue weighted by Gasteiger charge is -2.17. The number of sulfonamides is 1. The summed E-state index contributed by atoms with van der Waals surface area (Å²) in [6.45, 7) is 0.595. The van der Waals surface area contributed by atoms with Crippen molar-refractivity contribution in [2.24, 2.45) is 0 Å². The molecular weight excluding hydrogens is 407 g/mol. The average Bonchev–Trinajstić information content (AvgIpc) is 2.60. The van der Waals surface area contributed by atoms with Crippen molar-refractivity contribution in [2.45, 2.75) is 33.8 Å². The molecule has 0 heterocycles. The number of hydrogen-bond acceptors (Lipinski definition) is 5. The minimum absolute atomic E-state index is 0.190. The quantitative estimate of drug-likeness (QED) is 0.742. The van der Waals surface area contributed by atoms with Crippen LogP contribution < -0.4 is 4.72 Å². The molecule has 6 nitrogen and oxygen atoms in total. The Bertz CT molecular complexity index is 1020. The summed E-state index contributed by atoms with van der Waals surface area (Å²) >= 11 is 0.